The summed E-state index contributed by atoms with van der Waals surface area (Å²) in [7, 11) is -2.28. The van der Waals surface area contributed by atoms with Gasteiger partial charge in [0.25, 0.3) is 15.9 Å². The first-order chi connectivity index (χ1) is 17.7. The minimum Gasteiger partial charge on any atom is -0.494 e. The van der Waals surface area contributed by atoms with Crippen LogP contribution in [0.3, 0.4) is 0 Å². The largest absolute Gasteiger partial charge is 0.494 e. The van der Waals surface area contributed by atoms with Crippen LogP contribution in [0, 0.1) is 5.82 Å². The maximum absolute atomic E-state index is 13.1. The molecule has 37 heavy (non-hydrogen) atoms. The van der Waals surface area contributed by atoms with Gasteiger partial charge >= 0.3 is 0 Å². The van der Waals surface area contributed by atoms with Gasteiger partial charge in [0.15, 0.2) is 5.13 Å². The fourth-order valence-electron chi connectivity index (χ4n) is 4.03. The van der Waals surface area contributed by atoms with Crippen molar-refractivity contribution in [2.24, 2.45) is 0 Å². The summed E-state index contributed by atoms with van der Waals surface area (Å²) in [4.78, 5) is 21.6. The van der Waals surface area contributed by atoms with Crippen molar-refractivity contribution in [2.45, 2.75) is 4.90 Å². The fourth-order valence-corrected chi connectivity index (χ4v) is 6.40. The molecular weight excluding hydrogens is 539 g/mol. The second kappa shape index (κ2) is 10.2. The average Bonchev–Trinajstić information content (AvgIpc) is 3.36. The van der Waals surface area contributed by atoms with Crippen molar-refractivity contribution in [2.75, 3.05) is 42.9 Å². The van der Waals surface area contributed by atoms with E-state index in [0.29, 0.717) is 48.2 Å². The van der Waals surface area contributed by atoms with Crippen molar-refractivity contribution < 1.29 is 22.3 Å². The Morgan fingerprint density at radius 1 is 1.03 bits per heavy atom. The highest BCUT2D eigenvalue weighted by molar-refractivity contribution is 7.92. The van der Waals surface area contributed by atoms with E-state index in [2.05, 4.69) is 9.62 Å². The second-order valence-electron chi connectivity index (χ2n) is 8.34. The maximum atomic E-state index is 13.1. The quantitative estimate of drug-likeness (QED) is 0.362. The number of methoxy groups -OCH3 is 1. The van der Waals surface area contributed by atoms with E-state index in [-0.39, 0.29) is 10.8 Å². The number of hydrogen-bond acceptors (Lipinski definition) is 7. The molecule has 5 rings (SSSR count). The van der Waals surface area contributed by atoms with Crippen LogP contribution in [0.5, 0.6) is 5.75 Å². The molecule has 1 fully saturated rings. The number of nitrogens with one attached hydrogen (secondary N) is 1. The molecule has 0 atom stereocenters. The molecule has 0 bridgehead atoms. The lowest BCUT2D eigenvalue weighted by atomic mass is 10.1. The van der Waals surface area contributed by atoms with E-state index < -0.39 is 15.8 Å². The van der Waals surface area contributed by atoms with Gasteiger partial charge < -0.3 is 14.5 Å². The second-order valence-corrected chi connectivity index (χ2v) is 11.4. The van der Waals surface area contributed by atoms with E-state index in [1.165, 1.54) is 35.6 Å². The van der Waals surface area contributed by atoms with Crippen LogP contribution >= 0.6 is 22.9 Å². The molecule has 8 nitrogen and oxygen atoms in total. The Hall–Kier alpha value is -3.41. The molecule has 192 valence electrons. The number of carbonyl (C=O) groups is 1. The Morgan fingerprint density at radius 2 is 1.70 bits per heavy atom. The van der Waals surface area contributed by atoms with E-state index in [1.54, 1.807) is 36.3 Å². The molecule has 1 amide bonds. The normalized spacial score (nSPS) is 14.1. The number of halogens is 2. The third kappa shape index (κ3) is 5.20. The standard InChI is InChI=1S/C25H22ClFN4O4S2/c1-35-21-11-10-20(26)23-22(21)28-25(36-23)31-14-12-30(13-15-31)24(32)16-2-6-18(7-3-16)29-37(33,34)19-8-4-17(27)5-9-19/h2-11,29H,12-15H2,1H3. The number of fused-ring (bicyclic) bond motifs is 1. The number of rotatable bonds is 6. The van der Waals surface area contributed by atoms with Crippen molar-refractivity contribution in [1.29, 1.82) is 0 Å². The summed E-state index contributed by atoms with van der Waals surface area (Å²) in [5, 5.41) is 1.45. The number of hydrogen-bond donors (Lipinski definition) is 1. The van der Waals surface area contributed by atoms with Crippen molar-refractivity contribution >= 4 is 59.9 Å². The molecule has 3 aromatic carbocycles. The van der Waals surface area contributed by atoms with Gasteiger partial charge in [0.05, 0.1) is 21.7 Å². The molecule has 4 aromatic rings. The Morgan fingerprint density at radius 3 is 2.35 bits per heavy atom. The average molecular weight is 561 g/mol. The SMILES string of the molecule is COc1ccc(Cl)c2sc(N3CCN(C(=O)c4ccc(NS(=O)(=O)c5ccc(F)cc5)cc4)CC3)nc12. The lowest BCUT2D eigenvalue weighted by Gasteiger charge is -2.34. The molecule has 1 saturated heterocycles. The number of aromatic nitrogens is 1. The van der Waals surface area contributed by atoms with E-state index in [0.717, 1.165) is 27.5 Å². The van der Waals surface area contributed by atoms with Crippen LogP contribution in [0.25, 0.3) is 10.2 Å². The molecule has 1 N–H and O–H groups in total. The summed E-state index contributed by atoms with van der Waals surface area (Å²) >= 11 is 7.84. The Bertz CT molecular complexity index is 1550. The topological polar surface area (TPSA) is 91.8 Å². The van der Waals surface area contributed by atoms with Crippen molar-refractivity contribution in [3.05, 3.63) is 77.1 Å². The van der Waals surface area contributed by atoms with E-state index >= 15 is 0 Å². The van der Waals surface area contributed by atoms with Gasteiger partial charge in [-0.1, -0.05) is 22.9 Å². The molecule has 0 spiro atoms. The van der Waals surface area contributed by atoms with Crippen molar-refractivity contribution in [3.8, 4) is 5.75 Å². The van der Waals surface area contributed by atoms with Gasteiger partial charge in [-0.05, 0) is 60.7 Å². The molecule has 12 heteroatoms. The van der Waals surface area contributed by atoms with Crippen LogP contribution in [-0.4, -0.2) is 57.5 Å². The zero-order chi connectivity index (χ0) is 26.2. The first kappa shape index (κ1) is 25.2. The molecule has 0 radical (unpaired) electrons. The summed E-state index contributed by atoms with van der Waals surface area (Å²) in [6, 6.07) is 14.4. The van der Waals surface area contributed by atoms with E-state index in [4.69, 9.17) is 21.3 Å². The number of benzene rings is 3. The highest BCUT2D eigenvalue weighted by Crippen LogP contribution is 2.38. The number of piperazine rings is 1. The number of ether oxygens (including phenoxy) is 1. The van der Waals surface area contributed by atoms with Gasteiger partial charge in [-0.3, -0.25) is 9.52 Å². The van der Waals surface area contributed by atoms with Gasteiger partial charge in [0.1, 0.15) is 17.1 Å². The molecule has 0 unspecified atom stereocenters. The maximum Gasteiger partial charge on any atom is 0.261 e. The fraction of sp³-hybridized carbons (Fsp3) is 0.200. The van der Waals surface area contributed by atoms with Crippen LogP contribution in [-0.2, 0) is 10.0 Å². The number of thiazole rings is 1. The Balaban J connectivity index is 1.22. The van der Waals surface area contributed by atoms with Crippen LogP contribution in [0.4, 0.5) is 15.2 Å². The van der Waals surface area contributed by atoms with Crippen LogP contribution in [0.1, 0.15) is 10.4 Å². The number of anilines is 2. The molecule has 1 aromatic heterocycles. The first-order valence-corrected chi connectivity index (χ1v) is 14.0. The number of sulfonamides is 1. The summed E-state index contributed by atoms with van der Waals surface area (Å²) in [5.41, 5.74) is 1.48. The lowest BCUT2D eigenvalue weighted by molar-refractivity contribution is 0.0747. The molecule has 0 aliphatic carbocycles. The molecule has 1 aliphatic rings. The van der Waals surface area contributed by atoms with Gasteiger partial charge in [-0.2, -0.15) is 0 Å². The minimum absolute atomic E-state index is 0.0548. The summed E-state index contributed by atoms with van der Waals surface area (Å²) < 4.78 is 46.8. The van der Waals surface area contributed by atoms with Gasteiger partial charge in [-0.15, -0.1) is 0 Å². The highest BCUT2D eigenvalue weighted by atomic mass is 35.5. The van der Waals surface area contributed by atoms with Gasteiger partial charge in [0.2, 0.25) is 0 Å². The van der Waals surface area contributed by atoms with Crippen LogP contribution in [0.2, 0.25) is 5.02 Å². The highest BCUT2D eigenvalue weighted by Gasteiger charge is 2.25. The third-order valence-corrected chi connectivity index (χ3v) is 8.99. The number of nitrogens with zero attached hydrogens (tertiary/aromatic N) is 3. The smallest absolute Gasteiger partial charge is 0.261 e. The van der Waals surface area contributed by atoms with E-state index in [9.17, 15) is 17.6 Å². The Labute approximate surface area is 222 Å². The van der Waals surface area contributed by atoms with Crippen LogP contribution in [0.15, 0.2) is 65.6 Å². The summed E-state index contributed by atoms with van der Waals surface area (Å²) in [6.07, 6.45) is 0. The van der Waals surface area contributed by atoms with Crippen molar-refractivity contribution in [1.82, 2.24) is 9.88 Å². The number of carbonyl (C=O) groups excluding carboxylic acids is 1. The predicted octanol–water partition coefficient (Wildman–Crippen LogP) is 4.86. The molecular formula is C25H22ClFN4O4S2. The van der Waals surface area contributed by atoms with Crippen LogP contribution < -0.4 is 14.4 Å². The van der Waals surface area contributed by atoms with Gasteiger partial charge in [0, 0.05) is 37.4 Å². The van der Waals surface area contributed by atoms with E-state index in [1.807, 2.05) is 0 Å². The Kier molecular flexibility index (Phi) is 6.93. The monoisotopic (exact) mass is 560 g/mol. The summed E-state index contributed by atoms with van der Waals surface area (Å²) in [5.74, 6) is 0.00748. The zero-order valence-corrected chi connectivity index (χ0v) is 22.0. The predicted molar refractivity (Wildman–Crippen MR) is 143 cm³/mol. The molecule has 2 heterocycles. The molecule has 0 saturated carbocycles. The molecule has 1 aliphatic heterocycles. The third-order valence-electron chi connectivity index (χ3n) is 6.01. The summed E-state index contributed by atoms with van der Waals surface area (Å²) in [6.45, 7) is 2.25. The first-order valence-electron chi connectivity index (χ1n) is 11.3. The van der Waals surface area contributed by atoms with Gasteiger partial charge in [-0.25, -0.2) is 17.8 Å². The number of amides is 1. The van der Waals surface area contributed by atoms with Crippen molar-refractivity contribution in [3.63, 3.8) is 0 Å². The zero-order valence-electron chi connectivity index (χ0n) is 19.6. The minimum atomic E-state index is -3.87. The lowest BCUT2D eigenvalue weighted by Crippen LogP contribution is -2.48.